The fraction of sp³-hybridized carbons (Fsp3) is 0.611. The number of benzene rings is 1. The van der Waals surface area contributed by atoms with Gasteiger partial charge < -0.3 is 15.8 Å². The summed E-state index contributed by atoms with van der Waals surface area (Å²) < 4.78 is 5.89. The van der Waals surface area contributed by atoms with Crippen LogP contribution in [0.1, 0.15) is 43.2 Å². The molecule has 0 radical (unpaired) electrons. The summed E-state index contributed by atoms with van der Waals surface area (Å²) in [6.07, 6.45) is 9.50. The molecule has 22 heavy (non-hydrogen) atoms. The lowest BCUT2D eigenvalue weighted by Gasteiger charge is -2.17. The lowest BCUT2D eigenvalue weighted by Crippen LogP contribution is -2.24. The van der Waals surface area contributed by atoms with Gasteiger partial charge in [-0.1, -0.05) is 6.07 Å². The van der Waals surface area contributed by atoms with Gasteiger partial charge >= 0.3 is 0 Å². The zero-order valence-corrected chi connectivity index (χ0v) is 13.1. The molecule has 0 aromatic heterocycles. The van der Waals surface area contributed by atoms with Crippen LogP contribution in [0.5, 0.6) is 0 Å². The molecule has 1 aromatic rings. The molecule has 4 nitrogen and oxygen atoms in total. The second-order valence-corrected chi connectivity index (χ2v) is 6.89. The minimum Gasteiger partial charge on any atom is -0.375 e. The zero-order chi connectivity index (χ0) is 14.9. The smallest absolute Gasteiger partial charge is 0.193 e. The van der Waals surface area contributed by atoms with E-state index in [4.69, 9.17) is 10.5 Å². The third kappa shape index (κ3) is 2.84. The largest absolute Gasteiger partial charge is 0.375 e. The van der Waals surface area contributed by atoms with Gasteiger partial charge in [-0.2, -0.15) is 0 Å². The topological polar surface area (TPSA) is 59.6 Å². The van der Waals surface area contributed by atoms with E-state index in [9.17, 15) is 0 Å². The molecule has 0 saturated carbocycles. The number of rotatable bonds is 4. The maximum Gasteiger partial charge on any atom is 0.193 e. The minimum absolute atomic E-state index is 0.492. The van der Waals surface area contributed by atoms with Crippen LogP contribution in [0.3, 0.4) is 0 Å². The number of aryl methyl sites for hydroxylation is 2. The van der Waals surface area contributed by atoms with Crippen LogP contribution in [0.2, 0.25) is 0 Å². The quantitative estimate of drug-likeness (QED) is 0.664. The summed E-state index contributed by atoms with van der Waals surface area (Å²) in [6, 6.07) is 6.54. The molecular weight excluding hydrogens is 274 g/mol. The normalized spacial score (nSPS) is 29.8. The molecule has 0 amide bonds. The number of anilines is 1. The summed E-state index contributed by atoms with van der Waals surface area (Å²) in [6.45, 7) is 0.793. The highest BCUT2D eigenvalue weighted by Crippen LogP contribution is 2.40. The Hall–Kier alpha value is -1.55. The number of hydrogen-bond donors (Lipinski definition) is 2. The molecule has 2 bridgehead atoms. The Kier molecular flexibility index (Phi) is 3.78. The van der Waals surface area contributed by atoms with Crippen LogP contribution in [0.4, 0.5) is 5.69 Å². The van der Waals surface area contributed by atoms with Crippen LogP contribution in [0.25, 0.3) is 0 Å². The van der Waals surface area contributed by atoms with Gasteiger partial charge in [0.1, 0.15) is 0 Å². The molecule has 4 rings (SSSR count). The fourth-order valence-corrected chi connectivity index (χ4v) is 4.23. The molecule has 3 atom stereocenters. The first-order valence-electron chi connectivity index (χ1n) is 8.62. The van der Waals surface area contributed by atoms with E-state index in [1.807, 2.05) is 0 Å². The van der Waals surface area contributed by atoms with Crippen LogP contribution in [-0.4, -0.2) is 24.7 Å². The standard InChI is InChI=1S/C18H25N3O/c19-18(20-9-8-14-11-16-6-7-17(14)22-16)21-15-5-4-12-2-1-3-13(12)10-15/h4-5,10,14,16-17H,1-3,6-9,11H2,(H3,19,20,21). The molecule has 0 spiro atoms. The first-order valence-corrected chi connectivity index (χ1v) is 8.62. The van der Waals surface area contributed by atoms with E-state index >= 15 is 0 Å². The zero-order valence-electron chi connectivity index (χ0n) is 13.1. The fourth-order valence-electron chi connectivity index (χ4n) is 4.23. The van der Waals surface area contributed by atoms with Crippen LogP contribution < -0.4 is 11.1 Å². The molecular formula is C18H25N3O. The first-order chi connectivity index (χ1) is 10.8. The minimum atomic E-state index is 0.492. The summed E-state index contributed by atoms with van der Waals surface area (Å²) in [7, 11) is 0. The van der Waals surface area contributed by atoms with Gasteiger partial charge in [0.2, 0.25) is 0 Å². The molecule has 2 aliphatic heterocycles. The van der Waals surface area contributed by atoms with Crippen molar-refractivity contribution in [3.63, 3.8) is 0 Å². The number of ether oxygens (including phenoxy) is 1. The molecule has 2 saturated heterocycles. The predicted octanol–water partition coefficient (Wildman–Crippen LogP) is 2.86. The Morgan fingerprint density at radius 2 is 2.18 bits per heavy atom. The predicted molar refractivity (Wildman–Crippen MR) is 89.2 cm³/mol. The highest BCUT2D eigenvalue weighted by Gasteiger charge is 2.39. The van der Waals surface area contributed by atoms with Crippen molar-refractivity contribution in [2.75, 3.05) is 11.9 Å². The van der Waals surface area contributed by atoms with E-state index in [1.165, 1.54) is 49.7 Å². The van der Waals surface area contributed by atoms with Crippen LogP contribution in [0.15, 0.2) is 23.2 Å². The van der Waals surface area contributed by atoms with Crippen molar-refractivity contribution in [2.45, 2.75) is 57.2 Å². The summed E-state index contributed by atoms with van der Waals surface area (Å²) in [5, 5.41) is 3.23. The van der Waals surface area contributed by atoms with Crippen LogP contribution >= 0.6 is 0 Å². The van der Waals surface area contributed by atoms with Crippen molar-refractivity contribution in [1.82, 2.24) is 0 Å². The van der Waals surface area contributed by atoms with Gasteiger partial charge in [-0.05, 0) is 74.1 Å². The molecule has 3 unspecified atom stereocenters. The molecule has 118 valence electrons. The van der Waals surface area contributed by atoms with E-state index in [1.54, 1.807) is 0 Å². The molecule has 4 heteroatoms. The summed E-state index contributed by atoms with van der Waals surface area (Å²) in [4.78, 5) is 4.49. The number of nitrogens with two attached hydrogens (primary N) is 1. The molecule has 2 heterocycles. The average molecular weight is 299 g/mol. The van der Waals surface area contributed by atoms with E-state index in [0.29, 0.717) is 24.1 Å². The van der Waals surface area contributed by atoms with Gasteiger partial charge in [0, 0.05) is 12.2 Å². The third-order valence-corrected chi connectivity index (χ3v) is 5.38. The monoisotopic (exact) mass is 299 g/mol. The second kappa shape index (κ2) is 5.92. The van der Waals surface area contributed by atoms with Crippen molar-refractivity contribution in [2.24, 2.45) is 16.6 Å². The van der Waals surface area contributed by atoms with E-state index in [-0.39, 0.29) is 0 Å². The van der Waals surface area contributed by atoms with Gasteiger partial charge in [0.05, 0.1) is 12.2 Å². The molecule has 3 N–H and O–H groups in total. The van der Waals surface area contributed by atoms with E-state index < -0.39 is 0 Å². The Morgan fingerprint density at radius 3 is 3.00 bits per heavy atom. The summed E-state index contributed by atoms with van der Waals surface area (Å²) in [5.74, 6) is 1.22. The van der Waals surface area contributed by atoms with Crippen molar-refractivity contribution in [3.8, 4) is 0 Å². The SMILES string of the molecule is NC(=NCCC1CC2CCC1O2)Nc1ccc2c(c1)CCC2. The number of nitrogens with zero attached hydrogens (tertiary/aromatic N) is 1. The number of fused-ring (bicyclic) bond motifs is 3. The Bertz CT molecular complexity index is 584. The average Bonchev–Trinajstić information content (AvgIpc) is 3.22. The Balaban J connectivity index is 1.29. The van der Waals surface area contributed by atoms with Crippen molar-refractivity contribution < 1.29 is 4.74 Å². The van der Waals surface area contributed by atoms with E-state index in [2.05, 4.69) is 28.5 Å². The summed E-state index contributed by atoms with van der Waals surface area (Å²) in [5.41, 5.74) is 10.0. The van der Waals surface area contributed by atoms with Crippen molar-refractivity contribution in [3.05, 3.63) is 29.3 Å². The van der Waals surface area contributed by atoms with Gasteiger partial charge in [-0.3, -0.25) is 4.99 Å². The molecule has 1 aliphatic carbocycles. The van der Waals surface area contributed by atoms with E-state index in [0.717, 1.165) is 18.7 Å². The highest BCUT2D eigenvalue weighted by molar-refractivity contribution is 5.92. The number of aliphatic imine (C=N–C) groups is 1. The highest BCUT2D eigenvalue weighted by atomic mass is 16.5. The van der Waals surface area contributed by atoms with Gasteiger partial charge in [-0.25, -0.2) is 0 Å². The van der Waals surface area contributed by atoms with Gasteiger partial charge in [0.15, 0.2) is 5.96 Å². The van der Waals surface area contributed by atoms with Gasteiger partial charge in [0.25, 0.3) is 0 Å². The Morgan fingerprint density at radius 1 is 1.27 bits per heavy atom. The van der Waals surface area contributed by atoms with Crippen LogP contribution in [0, 0.1) is 5.92 Å². The molecule has 2 fully saturated rings. The first kappa shape index (κ1) is 14.1. The molecule has 3 aliphatic rings. The number of hydrogen-bond acceptors (Lipinski definition) is 2. The van der Waals surface area contributed by atoms with Gasteiger partial charge in [-0.15, -0.1) is 0 Å². The maximum absolute atomic E-state index is 6.02. The van der Waals surface area contributed by atoms with Crippen LogP contribution in [-0.2, 0) is 17.6 Å². The lowest BCUT2D eigenvalue weighted by atomic mass is 9.87. The summed E-state index contributed by atoms with van der Waals surface area (Å²) >= 11 is 0. The number of guanidine groups is 1. The maximum atomic E-state index is 6.02. The molecule has 1 aromatic carbocycles. The second-order valence-electron chi connectivity index (χ2n) is 6.89. The Labute approximate surface area is 132 Å². The lowest BCUT2D eigenvalue weighted by molar-refractivity contribution is 0.0917. The third-order valence-electron chi connectivity index (χ3n) is 5.38. The number of nitrogens with one attached hydrogen (secondary N) is 1. The van der Waals surface area contributed by atoms with Crippen molar-refractivity contribution in [1.29, 1.82) is 0 Å². The van der Waals surface area contributed by atoms with Crippen molar-refractivity contribution >= 4 is 11.6 Å².